The first-order valence-electron chi connectivity index (χ1n) is 9.28. The average Bonchev–Trinajstić information content (AvgIpc) is 3.27. The molecule has 1 atom stereocenters. The van der Waals surface area contributed by atoms with E-state index in [4.69, 9.17) is 4.98 Å². The molecule has 5 nitrogen and oxygen atoms in total. The van der Waals surface area contributed by atoms with Crippen LogP contribution in [0.3, 0.4) is 0 Å². The van der Waals surface area contributed by atoms with E-state index < -0.39 is 0 Å². The minimum absolute atomic E-state index is 0.439. The number of pyridine rings is 1. The van der Waals surface area contributed by atoms with Crippen LogP contribution in [0.5, 0.6) is 0 Å². The third-order valence-corrected chi connectivity index (χ3v) is 6.06. The van der Waals surface area contributed by atoms with Crippen LogP contribution >= 0.6 is 11.3 Å². The molecule has 2 saturated heterocycles. The van der Waals surface area contributed by atoms with Crippen LogP contribution in [-0.2, 0) is 6.54 Å². The van der Waals surface area contributed by atoms with Gasteiger partial charge in [0.05, 0.1) is 10.7 Å². The maximum absolute atomic E-state index is 4.78. The first-order chi connectivity index (χ1) is 12.2. The van der Waals surface area contributed by atoms with Crippen LogP contribution in [0.15, 0.2) is 18.3 Å². The van der Waals surface area contributed by atoms with Crippen molar-refractivity contribution >= 4 is 17.0 Å². The summed E-state index contributed by atoms with van der Waals surface area (Å²) in [6, 6.07) is 4.98. The second kappa shape index (κ2) is 7.40. The van der Waals surface area contributed by atoms with Gasteiger partial charge in [-0.2, -0.15) is 0 Å². The predicted molar refractivity (Wildman–Crippen MR) is 103 cm³/mol. The van der Waals surface area contributed by atoms with Crippen molar-refractivity contribution in [1.29, 1.82) is 0 Å². The summed E-state index contributed by atoms with van der Waals surface area (Å²) in [7, 11) is 0. The highest BCUT2D eigenvalue weighted by atomic mass is 32.1. The van der Waals surface area contributed by atoms with Gasteiger partial charge in [0.25, 0.3) is 0 Å². The minimum Gasteiger partial charge on any atom is -0.369 e. The molecule has 0 aliphatic carbocycles. The molecule has 2 aromatic heterocycles. The largest absolute Gasteiger partial charge is 0.369 e. The maximum Gasteiger partial charge on any atom is 0.0897 e. The SMILES string of the molecule is Cc1cc(N2CCN(Cc3cnc(C)s3)CC2)cc([C@@H]2CCCN2)n1. The highest BCUT2D eigenvalue weighted by Gasteiger charge is 2.22. The van der Waals surface area contributed by atoms with Gasteiger partial charge in [-0.3, -0.25) is 9.88 Å². The number of aryl methyl sites for hydroxylation is 2. The van der Waals surface area contributed by atoms with Crippen LogP contribution in [0.1, 0.15) is 40.2 Å². The molecule has 6 heteroatoms. The van der Waals surface area contributed by atoms with Gasteiger partial charge in [-0.1, -0.05) is 0 Å². The van der Waals surface area contributed by atoms with Crippen molar-refractivity contribution in [2.24, 2.45) is 0 Å². The molecule has 2 aromatic rings. The van der Waals surface area contributed by atoms with Gasteiger partial charge in [0.1, 0.15) is 0 Å². The number of anilines is 1. The Morgan fingerprint density at radius 2 is 2.04 bits per heavy atom. The Balaban J connectivity index is 1.40. The third-order valence-electron chi connectivity index (χ3n) is 5.16. The standard InChI is InChI=1S/C19H27N5S/c1-14-10-16(11-19(22-14)18-4-3-5-20-18)24-8-6-23(7-9-24)13-17-12-21-15(2)25-17/h10-12,18,20H,3-9,13H2,1-2H3/t18-/m0/s1. The van der Waals surface area contributed by atoms with Gasteiger partial charge in [0.2, 0.25) is 0 Å². The van der Waals surface area contributed by atoms with Crippen LogP contribution < -0.4 is 10.2 Å². The molecule has 0 radical (unpaired) electrons. The van der Waals surface area contributed by atoms with Crippen LogP contribution in [0.4, 0.5) is 5.69 Å². The monoisotopic (exact) mass is 357 g/mol. The zero-order chi connectivity index (χ0) is 17.2. The number of hydrogen-bond donors (Lipinski definition) is 1. The van der Waals surface area contributed by atoms with Crippen molar-refractivity contribution in [1.82, 2.24) is 20.2 Å². The Morgan fingerprint density at radius 1 is 1.20 bits per heavy atom. The van der Waals surface area contributed by atoms with Crippen LogP contribution in [0.25, 0.3) is 0 Å². The van der Waals surface area contributed by atoms with E-state index in [0.717, 1.165) is 50.0 Å². The van der Waals surface area contributed by atoms with Crippen molar-refractivity contribution in [3.8, 4) is 0 Å². The van der Waals surface area contributed by atoms with Gasteiger partial charge in [-0.05, 0) is 45.4 Å². The number of piperazine rings is 1. The van der Waals surface area contributed by atoms with Gasteiger partial charge in [-0.15, -0.1) is 11.3 Å². The Morgan fingerprint density at radius 3 is 2.72 bits per heavy atom. The molecule has 2 aliphatic heterocycles. The Hall–Kier alpha value is -1.50. The molecule has 4 heterocycles. The number of nitrogens with zero attached hydrogens (tertiary/aromatic N) is 4. The van der Waals surface area contributed by atoms with Crippen molar-refractivity contribution < 1.29 is 0 Å². The van der Waals surface area contributed by atoms with Gasteiger partial charge in [-0.25, -0.2) is 4.98 Å². The number of hydrogen-bond acceptors (Lipinski definition) is 6. The first-order valence-corrected chi connectivity index (χ1v) is 10.1. The lowest BCUT2D eigenvalue weighted by Gasteiger charge is -2.36. The van der Waals surface area contributed by atoms with Crippen molar-refractivity contribution in [3.63, 3.8) is 0 Å². The van der Waals surface area contributed by atoms with E-state index >= 15 is 0 Å². The zero-order valence-electron chi connectivity index (χ0n) is 15.2. The summed E-state index contributed by atoms with van der Waals surface area (Å²) in [5, 5.41) is 4.73. The molecule has 0 unspecified atom stereocenters. The Kier molecular flexibility index (Phi) is 5.01. The van der Waals surface area contributed by atoms with Crippen molar-refractivity contribution in [2.75, 3.05) is 37.6 Å². The van der Waals surface area contributed by atoms with E-state index in [-0.39, 0.29) is 0 Å². The lowest BCUT2D eigenvalue weighted by Crippen LogP contribution is -2.46. The maximum atomic E-state index is 4.78. The zero-order valence-corrected chi connectivity index (χ0v) is 16.0. The highest BCUT2D eigenvalue weighted by Crippen LogP contribution is 2.27. The molecule has 0 saturated carbocycles. The number of nitrogens with one attached hydrogen (secondary N) is 1. The molecule has 0 spiro atoms. The van der Waals surface area contributed by atoms with Gasteiger partial charge in [0, 0.05) is 61.2 Å². The molecule has 4 rings (SSSR count). The molecule has 25 heavy (non-hydrogen) atoms. The molecule has 0 amide bonds. The van der Waals surface area contributed by atoms with E-state index in [9.17, 15) is 0 Å². The fourth-order valence-electron chi connectivity index (χ4n) is 3.84. The molecular formula is C19H27N5S. The molecule has 2 aliphatic rings. The second-order valence-electron chi connectivity index (χ2n) is 7.15. The highest BCUT2D eigenvalue weighted by molar-refractivity contribution is 7.11. The minimum atomic E-state index is 0.439. The molecule has 2 fully saturated rings. The van der Waals surface area contributed by atoms with E-state index in [1.807, 2.05) is 17.5 Å². The van der Waals surface area contributed by atoms with E-state index in [0.29, 0.717) is 6.04 Å². The normalized spacial score (nSPS) is 21.8. The van der Waals surface area contributed by atoms with Crippen LogP contribution in [0, 0.1) is 13.8 Å². The van der Waals surface area contributed by atoms with Gasteiger partial charge < -0.3 is 10.2 Å². The van der Waals surface area contributed by atoms with Crippen molar-refractivity contribution in [2.45, 2.75) is 39.3 Å². The summed E-state index contributed by atoms with van der Waals surface area (Å²) in [6.45, 7) is 10.7. The first kappa shape index (κ1) is 16.9. The van der Waals surface area contributed by atoms with E-state index in [2.05, 4.69) is 46.1 Å². The average molecular weight is 358 g/mol. The fraction of sp³-hybridized carbons (Fsp3) is 0.579. The molecule has 134 valence electrons. The number of thiazole rings is 1. The van der Waals surface area contributed by atoms with Crippen molar-refractivity contribution in [3.05, 3.63) is 39.6 Å². The Labute approximate surface area is 154 Å². The third kappa shape index (κ3) is 4.02. The van der Waals surface area contributed by atoms with Crippen LogP contribution in [0.2, 0.25) is 0 Å². The lowest BCUT2D eigenvalue weighted by atomic mass is 10.1. The second-order valence-corrected chi connectivity index (χ2v) is 8.47. The predicted octanol–water partition coefficient (Wildman–Crippen LogP) is 2.90. The molecular weight excluding hydrogens is 330 g/mol. The van der Waals surface area contributed by atoms with Gasteiger partial charge in [0.15, 0.2) is 0 Å². The number of rotatable bonds is 4. The van der Waals surface area contributed by atoms with E-state index in [1.165, 1.54) is 29.1 Å². The smallest absolute Gasteiger partial charge is 0.0897 e. The van der Waals surface area contributed by atoms with Gasteiger partial charge >= 0.3 is 0 Å². The lowest BCUT2D eigenvalue weighted by molar-refractivity contribution is 0.252. The summed E-state index contributed by atoms with van der Waals surface area (Å²) in [5.74, 6) is 0. The van der Waals surface area contributed by atoms with E-state index in [1.54, 1.807) is 0 Å². The fourth-order valence-corrected chi connectivity index (χ4v) is 4.67. The molecule has 0 aromatic carbocycles. The van der Waals surface area contributed by atoms with Crippen LogP contribution in [-0.4, -0.2) is 47.6 Å². The summed E-state index contributed by atoms with van der Waals surface area (Å²) >= 11 is 1.81. The summed E-state index contributed by atoms with van der Waals surface area (Å²) in [6.07, 6.45) is 4.49. The summed E-state index contributed by atoms with van der Waals surface area (Å²) in [4.78, 5) is 15.6. The summed E-state index contributed by atoms with van der Waals surface area (Å²) in [5.41, 5.74) is 3.68. The topological polar surface area (TPSA) is 44.3 Å². The molecule has 0 bridgehead atoms. The number of aromatic nitrogens is 2. The Bertz CT molecular complexity index is 714. The quantitative estimate of drug-likeness (QED) is 0.911. The summed E-state index contributed by atoms with van der Waals surface area (Å²) < 4.78 is 0. The molecule has 1 N–H and O–H groups in total.